The third-order valence-electron chi connectivity index (χ3n) is 4.51. The second-order valence-corrected chi connectivity index (χ2v) is 6.71. The van der Waals surface area contributed by atoms with E-state index in [9.17, 15) is 0 Å². The summed E-state index contributed by atoms with van der Waals surface area (Å²) in [7, 11) is 0. The molecule has 3 rings (SSSR count). The summed E-state index contributed by atoms with van der Waals surface area (Å²) < 4.78 is 2.02. The van der Waals surface area contributed by atoms with E-state index in [1.807, 2.05) is 40.9 Å². The minimum atomic E-state index is 0.769. The fourth-order valence-corrected chi connectivity index (χ4v) is 3.04. The predicted octanol–water partition coefficient (Wildman–Crippen LogP) is 1.99. The molecule has 0 spiro atoms. The molecule has 0 aliphatic heterocycles. The molecule has 0 fully saturated rings. The number of rotatable bonds is 13. The molecule has 0 radical (unpaired) electrons. The van der Waals surface area contributed by atoms with Crippen molar-refractivity contribution < 1.29 is 0 Å². The SMILES string of the molecule is NCCCNCCCCNCCCNc1ccc2nc3ccccn3c2n1. The average molecular weight is 370 g/mol. The van der Waals surface area contributed by atoms with Crippen molar-refractivity contribution in [3.63, 3.8) is 0 Å². The summed E-state index contributed by atoms with van der Waals surface area (Å²) in [5.74, 6) is 0.900. The number of nitrogens with zero attached hydrogens (tertiary/aromatic N) is 3. The molecule has 27 heavy (non-hydrogen) atoms. The Kier molecular flexibility index (Phi) is 7.83. The van der Waals surface area contributed by atoms with E-state index in [1.54, 1.807) is 0 Å². The Balaban J connectivity index is 1.30. The molecule has 0 saturated carbocycles. The van der Waals surface area contributed by atoms with E-state index in [1.165, 1.54) is 12.8 Å². The van der Waals surface area contributed by atoms with Crippen molar-refractivity contribution in [1.29, 1.82) is 0 Å². The van der Waals surface area contributed by atoms with E-state index in [4.69, 9.17) is 10.7 Å². The summed E-state index contributed by atoms with van der Waals surface area (Å²) in [4.78, 5) is 9.28. The van der Waals surface area contributed by atoms with E-state index in [2.05, 4.69) is 20.9 Å². The molecule has 0 bridgehead atoms. The molecule has 0 unspecified atom stereocenters. The highest BCUT2D eigenvalue weighted by atomic mass is 15.1. The standard InChI is InChI=1S/C20H31N7/c21-10-5-13-22-11-2-3-12-23-14-6-15-24-18-9-8-17-20(26-18)27-16-4-1-7-19(27)25-17/h1,4,7-9,16,22-23H,2-3,5-6,10-15,21H2,(H,24,26). The largest absolute Gasteiger partial charge is 0.370 e. The molecule has 0 aromatic carbocycles. The van der Waals surface area contributed by atoms with Crippen molar-refractivity contribution in [1.82, 2.24) is 25.0 Å². The predicted molar refractivity (Wildman–Crippen MR) is 112 cm³/mol. The highest BCUT2D eigenvalue weighted by Gasteiger charge is 2.05. The maximum atomic E-state index is 5.46. The number of anilines is 1. The van der Waals surface area contributed by atoms with Gasteiger partial charge in [0.05, 0.1) is 0 Å². The van der Waals surface area contributed by atoms with E-state index >= 15 is 0 Å². The molecule has 7 nitrogen and oxygen atoms in total. The van der Waals surface area contributed by atoms with Crippen LogP contribution in [-0.2, 0) is 0 Å². The minimum Gasteiger partial charge on any atom is -0.370 e. The maximum Gasteiger partial charge on any atom is 0.166 e. The monoisotopic (exact) mass is 369 g/mol. The molecule has 5 N–H and O–H groups in total. The number of nitrogens with one attached hydrogen (secondary N) is 3. The van der Waals surface area contributed by atoms with Crippen LogP contribution in [0.5, 0.6) is 0 Å². The van der Waals surface area contributed by atoms with Gasteiger partial charge in [0.15, 0.2) is 5.65 Å². The highest BCUT2D eigenvalue weighted by molar-refractivity contribution is 5.78. The fourth-order valence-electron chi connectivity index (χ4n) is 3.04. The van der Waals surface area contributed by atoms with E-state index in [0.717, 1.165) is 74.7 Å². The molecule has 3 aromatic heterocycles. The van der Waals surface area contributed by atoms with Crippen LogP contribution in [0.1, 0.15) is 25.7 Å². The third kappa shape index (κ3) is 5.89. The Labute approximate surface area is 160 Å². The molecule has 3 aromatic rings. The Morgan fingerprint density at radius 2 is 1.59 bits per heavy atom. The van der Waals surface area contributed by atoms with Crippen LogP contribution in [0.3, 0.4) is 0 Å². The van der Waals surface area contributed by atoms with Gasteiger partial charge in [-0.1, -0.05) is 6.07 Å². The van der Waals surface area contributed by atoms with Crippen molar-refractivity contribution in [2.75, 3.05) is 44.6 Å². The summed E-state index contributed by atoms with van der Waals surface area (Å²) in [6, 6.07) is 10.0. The van der Waals surface area contributed by atoms with Crippen LogP contribution < -0.4 is 21.7 Å². The summed E-state index contributed by atoms with van der Waals surface area (Å²) in [5, 5.41) is 10.3. The van der Waals surface area contributed by atoms with Gasteiger partial charge in [-0.2, -0.15) is 0 Å². The van der Waals surface area contributed by atoms with Crippen molar-refractivity contribution in [2.24, 2.45) is 5.73 Å². The first-order valence-corrected chi connectivity index (χ1v) is 9.98. The van der Waals surface area contributed by atoms with Gasteiger partial charge in [0.2, 0.25) is 0 Å². The fraction of sp³-hybridized carbons (Fsp3) is 0.500. The topological polar surface area (TPSA) is 92.3 Å². The van der Waals surface area contributed by atoms with E-state index in [-0.39, 0.29) is 0 Å². The lowest BCUT2D eigenvalue weighted by molar-refractivity contribution is 0.572. The van der Waals surface area contributed by atoms with Gasteiger partial charge in [-0.15, -0.1) is 0 Å². The van der Waals surface area contributed by atoms with E-state index < -0.39 is 0 Å². The number of imidazole rings is 1. The molecule has 146 valence electrons. The molecule has 0 amide bonds. The average Bonchev–Trinajstić information content (AvgIpc) is 3.07. The quantitative estimate of drug-likeness (QED) is 0.344. The lowest BCUT2D eigenvalue weighted by atomic mass is 10.3. The first kappa shape index (κ1) is 19.5. The number of fused-ring (bicyclic) bond motifs is 3. The summed E-state index contributed by atoms with van der Waals surface area (Å²) in [6.45, 7) is 5.88. The zero-order valence-electron chi connectivity index (χ0n) is 16.0. The summed E-state index contributed by atoms with van der Waals surface area (Å²) in [5.41, 5.74) is 8.21. The molecular weight excluding hydrogens is 338 g/mol. The van der Waals surface area contributed by atoms with Gasteiger partial charge in [0, 0.05) is 12.7 Å². The second-order valence-electron chi connectivity index (χ2n) is 6.71. The third-order valence-corrected chi connectivity index (χ3v) is 4.51. The van der Waals surface area contributed by atoms with Crippen LogP contribution in [-0.4, -0.2) is 53.6 Å². The number of aromatic nitrogens is 3. The molecular formula is C20H31N7. The lowest BCUT2D eigenvalue weighted by Crippen LogP contribution is -2.22. The van der Waals surface area contributed by atoms with Gasteiger partial charge in [-0.3, -0.25) is 4.40 Å². The van der Waals surface area contributed by atoms with Crippen LogP contribution in [0.25, 0.3) is 16.8 Å². The van der Waals surface area contributed by atoms with Gasteiger partial charge in [-0.25, -0.2) is 9.97 Å². The smallest absolute Gasteiger partial charge is 0.166 e. The van der Waals surface area contributed by atoms with Crippen LogP contribution in [0, 0.1) is 0 Å². The number of nitrogens with two attached hydrogens (primary N) is 1. The van der Waals surface area contributed by atoms with Crippen molar-refractivity contribution in [2.45, 2.75) is 25.7 Å². The molecule has 0 aliphatic carbocycles. The molecule has 0 saturated heterocycles. The Morgan fingerprint density at radius 3 is 2.41 bits per heavy atom. The summed E-state index contributed by atoms with van der Waals surface area (Å²) >= 11 is 0. The number of unbranched alkanes of at least 4 members (excludes halogenated alkanes) is 1. The second kappa shape index (κ2) is 10.8. The van der Waals surface area contributed by atoms with Crippen molar-refractivity contribution in [3.8, 4) is 0 Å². The van der Waals surface area contributed by atoms with Crippen LogP contribution in [0.15, 0.2) is 36.5 Å². The summed E-state index contributed by atoms with van der Waals surface area (Å²) in [6.07, 6.45) is 6.54. The molecule has 0 aliphatic rings. The van der Waals surface area contributed by atoms with Gasteiger partial charge >= 0.3 is 0 Å². The van der Waals surface area contributed by atoms with Gasteiger partial charge in [-0.05, 0) is 82.7 Å². The Bertz CT molecular complexity index is 814. The number of hydrogen-bond donors (Lipinski definition) is 4. The lowest BCUT2D eigenvalue weighted by Gasteiger charge is -2.07. The highest BCUT2D eigenvalue weighted by Crippen LogP contribution is 2.16. The van der Waals surface area contributed by atoms with Crippen LogP contribution >= 0.6 is 0 Å². The van der Waals surface area contributed by atoms with Gasteiger partial charge in [0.25, 0.3) is 0 Å². The van der Waals surface area contributed by atoms with Crippen LogP contribution in [0.4, 0.5) is 5.82 Å². The Hall–Kier alpha value is -2.22. The zero-order chi connectivity index (χ0) is 18.7. The van der Waals surface area contributed by atoms with Gasteiger partial charge < -0.3 is 21.7 Å². The molecule has 3 heterocycles. The normalized spacial score (nSPS) is 11.4. The minimum absolute atomic E-state index is 0.769. The van der Waals surface area contributed by atoms with Gasteiger partial charge in [0.1, 0.15) is 17.0 Å². The number of pyridine rings is 2. The molecule has 7 heteroatoms. The molecule has 0 atom stereocenters. The Morgan fingerprint density at radius 1 is 0.815 bits per heavy atom. The van der Waals surface area contributed by atoms with Crippen molar-refractivity contribution >= 4 is 22.6 Å². The van der Waals surface area contributed by atoms with Crippen molar-refractivity contribution in [3.05, 3.63) is 36.5 Å². The first-order valence-electron chi connectivity index (χ1n) is 9.98. The van der Waals surface area contributed by atoms with Crippen LogP contribution in [0.2, 0.25) is 0 Å². The maximum absolute atomic E-state index is 5.46. The van der Waals surface area contributed by atoms with E-state index in [0.29, 0.717) is 0 Å². The number of hydrogen-bond acceptors (Lipinski definition) is 6. The zero-order valence-corrected chi connectivity index (χ0v) is 16.0. The first-order chi connectivity index (χ1) is 13.4.